The number of carboxylic acids is 1. The van der Waals surface area contributed by atoms with E-state index in [4.69, 9.17) is 10.2 Å². The van der Waals surface area contributed by atoms with Gasteiger partial charge in [-0.2, -0.15) is 0 Å². The van der Waals surface area contributed by atoms with E-state index < -0.39 is 24.0 Å². The predicted octanol–water partition coefficient (Wildman–Crippen LogP) is -2.30. The Morgan fingerprint density at radius 1 is 1.33 bits per heavy atom. The molecule has 0 saturated carbocycles. The molecule has 0 bridgehead atoms. The zero-order chi connectivity index (χ0) is 9.72. The van der Waals surface area contributed by atoms with Crippen molar-refractivity contribution < 1.29 is 34.1 Å². The first kappa shape index (κ1) is 10.2. The summed E-state index contributed by atoms with van der Waals surface area (Å²) in [5.41, 5.74) is 0. The highest BCUT2D eigenvalue weighted by atomic mass is 16.6. The van der Waals surface area contributed by atoms with Gasteiger partial charge in [0.1, 0.15) is 0 Å². The fourth-order valence-electron chi connectivity index (χ4n) is 0.297. The summed E-state index contributed by atoms with van der Waals surface area (Å²) < 4.78 is 3.64. The number of aliphatic hydroxyl groups excluding tert-OH is 1. The van der Waals surface area contributed by atoms with E-state index in [-0.39, 0.29) is 6.29 Å². The minimum atomic E-state index is -2.43. The van der Waals surface area contributed by atoms with Crippen molar-refractivity contribution in [1.82, 2.24) is 0 Å². The zero-order valence-electron chi connectivity index (χ0n) is 5.59. The summed E-state index contributed by atoms with van der Waals surface area (Å²) in [6, 6.07) is 0. The van der Waals surface area contributed by atoms with E-state index in [2.05, 4.69) is 4.74 Å². The Balaban J connectivity index is 4.13. The summed E-state index contributed by atoms with van der Waals surface area (Å²) in [6.45, 7) is 0. The standard InChI is InChI=1S/C5H4O7/c6-1-2(7)12-5(11)3(8)4(9)10/h1,5,11H,(H,9,10). The van der Waals surface area contributed by atoms with Crippen molar-refractivity contribution in [1.29, 1.82) is 0 Å². The summed E-state index contributed by atoms with van der Waals surface area (Å²) in [4.78, 5) is 39.7. The quantitative estimate of drug-likeness (QED) is 0.214. The Morgan fingerprint density at radius 3 is 2.17 bits per heavy atom. The van der Waals surface area contributed by atoms with Gasteiger partial charge in [0.15, 0.2) is 0 Å². The fourth-order valence-corrected chi connectivity index (χ4v) is 0.297. The van der Waals surface area contributed by atoms with Crippen LogP contribution in [-0.4, -0.2) is 40.5 Å². The number of hydrogen-bond acceptors (Lipinski definition) is 6. The van der Waals surface area contributed by atoms with E-state index in [0.29, 0.717) is 0 Å². The molecule has 0 aromatic carbocycles. The van der Waals surface area contributed by atoms with Gasteiger partial charge >= 0.3 is 17.7 Å². The molecule has 0 heterocycles. The van der Waals surface area contributed by atoms with Crippen molar-refractivity contribution in [3.8, 4) is 0 Å². The molecular formula is C5H4O7. The lowest BCUT2D eigenvalue weighted by molar-refractivity contribution is -0.179. The molecular weight excluding hydrogens is 172 g/mol. The third kappa shape index (κ3) is 2.88. The number of aldehydes is 1. The molecule has 7 heteroatoms. The Hall–Kier alpha value is -1.76. The topological polar surface area (TPSA) is 118 Å². The molecule has 0 aromatic heterocycles. The van der Waals surface area contributed by atoms with E-state index >= 15 is 0 Å². The monoisotopic (exact) mass is 176 g/mol. The molecule has 0 aliphatic heterocycles. The number of aliphatic hydroxyl groups is 1. The highest BCUT2D eigenvalue weighted by Gasteiger charge is 2.25. The van der Waals surface area contributed by atoms with E-state index in [1.165, 1.54) is 0 Å². The zero-order valence-corrected chi connectivity index (χ0v) is 5.59. The molecule has 12 heavy (non-hydrogen) atoms. The number of rotatable bonds is 4. The predicted molar refractivity (Wildman–Crippen MR) is 30.8 cm³/mol. The van der Waals surface area contributed by atoms with Crippen LogP contribution in [0.4, 0.5) is 0 Å². The normalized spacial score (nSPS) is 11.4. The van der Waals surface area contributed by atoms with Gasteiger partial charge in [0.25, 0.3) is 6.29 Å². The van der Waals surface area contributed by atoms with Crippen LogP contribution >= 0.6 is 0 Å². The largest absolute Gasteiger partial charge is 0.475 e. The number of hydrogen-bond donors (Lipinski definition) is 2. The molecule has 0 aliphatic rings. The molecule has 7 nitrogen and oxygen atoms in total. The van der Waals surface area contributed by atoms with Gasteiger partial charge in [-0.25, -0.2) is 9.59 Å². The van der Waals surface area contributed by atoms with Crippen LogP contribution in [0.3, 0.4) is 0 Å². The first-order valence-electron chi connectivity index (χ1n) is 2.60. The number of Topliss-reactive ketones (excluding diaryl/α,β-unsaturated/α-hetero) is 1. The van der Waals surface area contributed by atoms with E-state index in [9.17, 15) is 19.2 Å². The molecule has 1 atom stereocenters. The molecule has 0 amide bonds. The van der Waals surface area contributed by atoms with Gasteiger partial charge in [-0.05, 0) is 0 Å². The van der Waals surface area contributed by atoms with Crippen LogP contribution in [0.1, 0.15) is 0 Å². The van der Waals surface area contributed by atoms with Gasteiger partial charge in [0.2, 0.25) is 6.29 Å². The number of aliphatic carboxylic acids is 1. The summed E-state index contributed by atoms with van der Waals surface area (Å²) in [5, 5.41) is 16.4. The van der Waals surface area contributed by atoms with Gasteiger partial charge in [-0.15, -0.1) is 0 Å². The maximum Gasteiger partial charge on any atom is 0.379 e. The van der Waals surface area contributed by atoms with Gasteiger partial charge in [0, 0.05) is 0 Å². The SMILES string of the molecule is O=CC(=O)OC(O)C(=O)C(=O)O. The number of esters is 1. The summed E-state index contributed by atoms with van der Waals surface area (Å²) >= 11 is 0. The third-order valence-corrected chi connectivity index (χ3v) is 0.759. The summed E-state index contributed by atoms with van der Waals surface area (Å²) in [5.74, 6) is -5.19. The molecule has 0 radical (unpaired) electrons. The van der Waals surface area contributed by atoms with Crippen LogP contribution in [0.2, 0.25) is 0 Å². The Labute approximate surface area is 65.5 Å². The highest BCUT2D eigenvalue weighted by molar-refractivity contribution is 6.34. The smallest absolute Gasteiger partial charge is 0.379 e. The van der Waals surface area contributed by atoms with Crippen LogP contribution in [0.5, 0.6) is 0 Å². The summed E-state index contributed by atoms with van der Waals surface area (Å²) in [7, 11) is 0. The van der Waals surface area contributed by atoms with Crippen molar-refractivity contribution in [3.05, 3.63) is 0 Å². The van der Waals surface area contributed by atoms with E-state index in [1.54, 1.807) is 0 Å². The van der Waals surface area contributed by atoms with Gasteiger partial charge in [0.05, 0.1) is 0 Å². The van der Waals surface area contributed by atoms with Gasteiger partial charge in [-0.3, -0.25) is 9.59 Å². The Kier molecular flexibility index (Phi) is 3.57. The minimum absolute atomic E-state index is 0.307. The van der Waals surface area contributed by atoms with Crippen molar-refractivity contribution in [2.75, 3.05) is 0 Å². The summed E-state index contributed by atoms with van der Waals surface area (Å²) in [6.07, 6.45) is -2.74. The number of carboxylic acid groups (broad SMARTS) is 1. The van der Waals surface area contributed by atoms with Crippen LogP contribution in [0.15, 0.2) is 0 Å². The number of carbonyl (C=O) groups is 4. The average Bonchev–Trinajstić information content (AvgIpc) is 2.02. The second-order valence-electron chi connectivity index (χ2n) is 1.58. The molecule has 1 unspecified atom stereocenters. The first-order valence-corrected chi connectivity index (χ1v) is 2.60. The lowest BCUT2D eigenvalue weighted by Gasteiger charge is -2.04. The molecule has 0 spiro atoms. The van der Waals surface area contributed by atoms with Crippen molar-refractivity contribution in [3.63, 3.8) is 0 Å². The fraction of sp³-hybridized carbons (Fsp3) is 0.200. The Bertz CT molecular complexity index is 230. The lowest BCUT2D eigenvalue weighted by atomic mass is 10.4. The maximum absolute atomic E-state index is 10.3. The molecule has 0 aliphatic carbocycles. The van der Waals surface area contributed by atoms with E-state index in [0.717, 1.165) is 0 Å². The van der Waals surface area contributed by atoms with Gasteiger partial charge in [-0.1, -0.05) is 0 Å². The highest BCUT2D eigenvalue weighted by Crippen LogP contribution is 1.89. The number of ketones is 1. The lowest BCUT2D eigenvalue weighted by Crippen LogP contribution is -2.32. The van der Waals surface area contributed by atoms with Crippen LogP contribution in [0.25, 0.3) is 0 Å². The minimum Gasteiger partial charge on any atom is -0.475 e. The molecule has 2 N–H and O–H groups in total. The molecule has 0 rings (SSSR count). The second-order valence-corrected chi connectivity index (χ2v) is 1.58. The van der Waals surface area contributed by atoms with Crippen LogP contribution in [-0.2, 0) is 23.9 Å². The molecule has 0 saturated heterocycles. The van der Waals surface area contributed by atoms with Crippen LogP contribution in [0, 0.1) is 0 Å². The first-order chi connectivity index (χ1) is 5.49. The molecule has 0 fully saturated rings. The molecule has 0 aromatic rings. The molecule has 66 valence electrons. The average molecular weight is 176 g/mol. The maximum atomic E-state index is 10.3. The Morgan fingerprint density at radius 2 is 1.83 bits per heavy atom. The van der Waals surface area contributed by atoms with E-state index in [1.807, 2.05) is 0 Å². The number of ether oxygens (including phenoxy) is 1. The van der Waals surface area contributed by atoms with Gasteiger partial charge < -0.3 is 14.9 Å². The second kappa shape index (κ2) is 4.19. The van der Waals surface area contributed by atoms with Crippen molar-refractivity contribution in [2.45, 2.75) is 6.29 Å². The van der Waals surface area contributed by atoms with Crippen molar-refractivity contribution in [2.24, 2.45) is 0 Å². The number of carbonyl (C=O) groups excluding carboxylic acids is 3. The van der Waals surface area contributed by atoms with Crippen molar-refractivity contribution >= 4 is 24.0 Å². The third-order valence-electron chi connectivity index (χ3n) is 0.759. The van der Waals surface area contributed by atoms with Crippen LogP contribution < -0.4 is 0 Å².